The minimum atomic E-state index is -0.472. The van der Waals surface area contributed by atoms with E-state index in [2.05, 4.69) is 22.0 Å². The molecule has 0 aliphatic heterocycles. The van der Waals surface area contributed by atoms with E-state index in [0.717, 1.165) is 31.4 Å². The van der Waals surface area contributed by atoms with Crippen molar-refractivity contribution >= 4 is 16.5 Å². The SMILES string of the molecule is CCOC(C)(CC)c1noc(CCCc2csc(N)n2)n1. The molecule has 0 amide bonds. The molecule has 1 unspecified atom stereocenters. The van der Waals surface area contributed by atoms with Gasteiger partial charge in [-0.25, -0.2) is 4.98 Å². The molecule has 0 radical (unpaired) electrons. The summed E-state index contributed by atoms with van der Waals surface area (Å²) in [6.45, 7) is 6.63. The second-order valence-corrected chi connectivity index (χ2v) is 5.95. The van der Waals surface area contributed by atoms with Crippen molar-refractivity contribution in [3.8, 4) is 0 Å². The van der Waals surface area contributed by atoms with Crippen LogP contribution in [0.3, 0.4) is 0 Å². The van der Waals surface area contributed by atoms with Crippen LogP contribution in [-0.4, -0.2) is 21.7 Å². The lowest BCUT2D eigenvalue weighted by Crippen LogP contribution is -2.26. The van der Waals surface area contributed by atoms with Gasteiger partial charge in [0.2, 0.25) is 11.7 Å². The van der Waals surface area contributed by atoms with Gasteiger partial charge in [0.1, 0.15) is 5.60 Å². The van der Waals surface area contributed by atoms with Crippen LogP contribution in [0.1, 0.15) is 51.0 Å². The zero-order valence-corrected chi connectivity index (χ0v) is 13.6. The topological polar surface area (TPSA) is 87.1 Å². The predicted molar refractivity (Wildman–Crippen MR) is 82.1 cm³/mol. The fourth-order valence-corrected chi connectivity index (χ4v) is 2.67. The number of aryl methyl sites for hydroxylation is 2. The Kier molecular flexibility index (Phi) is 5.30. The van der Waals surface area contributed by atoms with E-state index in [9.17, 15) is 0 Å². The summed E-state index contributed by atoms with van der Waals surface area (Å²) in [5.41, 5.74) is 6.16. The Balaban J connectivity index is 1.90. The van der Waals surface area contributed by atoms with Crippen molar-refractivity contribution in [2.75, 3.05) is 12.3 Å². The quantitative estimate of drug-likeness (QED) is 0.806. The number of aromatic nitrogens is 3. The van der Waals surface area contributed by atoms with Crippen LogP contribution in [-0.2, 0) is 23.2 Å². The standard InChI is InChI=1S/C14H22N4O2S/c1-4-14(3,19-5-2)12-17-11(20-18-12)8-6-7-10-9-21-13(15)16-10/h9H,4-8H2,1-3H3,(H2,15,16). The van der Waals surface area contributed by atoms with Crippen LogP contribution >= 0.6 is 11.3 Å². The van der Waals surface area contributed by atoms with E-state index in [0.29, 0.717) is 23.5 Å². The first-order valence-corrected chi connectivity index (χ1v) is 8.12. The molecule has 0 aromatic carbocycles. The van der Waals surface area contributed by atoms with Gasteiger partial charge in [0.25, 0.3) is 0 Å². The van der Waals surface area contributed by atoms with Crippen molar-refractivity contribution in [1.82, 2.24) is 15.1 Å². The lowest BCUT2D eigenvalue weighted by molar-refractivity contribution is -0.0403. The molecule has 116 valence electrons. The van der Waals surface area contributed by atoms with Gasteiger partial charge in [0, 0.05) is 18.4 Å². The number of anilines is 1. The van der Waals surface area contributed by atoms with Gasteiger partial charge in [-0.3, -0.25) is 0 Å². The third kappa shape index (κ3) is 4.01. The van der Waals surface area contributed by atoms with E-state index in [4.69, 9.17) is 15.0 Å². The maximum atomic E-state index is 5.75. The number of nitrogens with two attached hydrogens (primary N) is 1. The molecule has 0 saturated heterocycles. The van der Waals surface area contributed by atoms with Crippen LogP contribution in [0.4, 0.5) is 5.13 Å². The van der Waals surface area contributed by atoms with Crippen LogP contribution in [0, 0.1) is 0 Å². The minimum Gasteiger partial charge on any atom is -0.375 e. The van der Waals surface area contributed by atoms with Crippen LogP contribution in [0.5, 0.6) is 0 Å². The number of hydrogen-bond acceptors (Lipinski definition) is 7. The van der Waals surface area contributed by atoms with E-state index in [1.807, 2.05) is 19.2 Å². The number of ether oxygens (including phenoxy) is 1. The van der Waals surface area contributed by atoms with Gasteiger partial charge < -0.3 is 15.0 Å². The average molecular weight is 310 g/mol. The monoisotopic (exact) mass is 310 g/mol. The van der Waals surface area contributed by atoms with E-state index in [1.165, 1.54) is 11.3 Å². The summed E-state index contributed by atoms with van der Waals surface area (Å²) in [6, 6.07) is 0. The maximum absolute atomic E-state index is 5.75. The van der Waals surface area contributed by atoms with Crippen LogP contribution < -0.4 is 5.73 Å². The second-order valence-electron chi connectivity index (χ2n) is 5.06. The van der Waals surface area contributed by atoms with Gasteiger partial charge in [-0.05, 0) is 33.1 Å². The molecule has 6 nitrogen and oxygen atoms in total. The molecular formula is C14H22N4O2S. The van der Waals surface area contributed by atoms with Gasteiger partial charge >= 0.3 is 0 Å². The van der Waals surface area contributed by atoms with E-state index >= 15 is 0 Å². The summed E-state index contributed by atoms with van der Waals surface area (Å²) < 4.78 is 11.1. The highest BCUT2D eigenvalue weighted by Gasteiger charge is 2.30. The average Bonchev–Trinajstić information content (AvgIpc) is 3.09. The molecule has 21 heavy (non-hydrogen) atoms. The third-order valence-corrected chi connectivity index (χ3v) is 4.19. The summed E-state index contributed by atoms with van der Waals surface area (Å²) >= 11 is 1.47. The number of thiazole rings is 1. The fraction of sp³-hybridized carbons (Fsp3) is 0.643. The molecule has 2 heterocycles. The highest BCUT2D eigenvalue weighted by Crippen LogP contribution is 2.26. The number of nitrogen functional groups attached to an aromatic ring is 1. The number of hydrogen-bond donors (Lipinski definition) is 1. The molecule has 2 rings (SSSR count). The molecule has 0 spiro atoms. The largest absolute Gasteiger partial charge is 0.375 e. The Labute approximate surface area is 128 Å². The van der Waals surface area contributed by atoms with Gasteiger partial charge in [0.05, 0.1) is 5.69 Å². The Hall–Kier alpha value is -1.47. The molecule has 7 heteroatoms. The summed E-state index contributed by atoms with van der Waals surface area (Å²) in [6.07, 6.45) is 3.30. The summed E-state index contributed by atoms with van der Waals surface area (Å²) in [4.78, 5) is 8.70. The van der Waals surface area contributed by atoms with Crippen molar-refractivity contribution in [2.45, 2.75) is 52.1 Å². The molecule has 0 saturated carbocycles. The molecule has 2 N–H and O–H groups in total. The Morgan fingerprint density at radius 1 is 1.33 bits per heavy atom. The zero-order chi connectivity index (χ0) is 15.3. The molecular weight excluding hydrogens is 288 g/mol. The Morgan fingerprint density at radius 2 is 2.14 bits per heavy atom. The van der Waals surface area contributed by atoms with Gasteiger partial charge in [-0.2, -0.15) is 4.98 Å². The number of nitrogens with zero attached hydrogens (tertiary/aromatic N) is 3. The second kappa shape index (κ2) is 7.00. The molecule has 1 atom stereocenters. The highest BCUT2D eigenvalue weighted by atomic mass is 32.1. The maximum Gasteiger partial charge on any atom is 0.226 e. The molecule has 0 fully saturated rings. The van der Waals surface area contributed by atoms with Gasteiger partial charge in [0.15, 0.2) is 5.13 Å². The first kappa shape index (κ1) is 15.9. The zero-order valence-electron chi connectivity index (χ0n) is 12.8. The predicted octanol–water partition coefficient (Wildman–Crippen LogP) is 2.95. The Bertz CT molecular complexity index is 569. The minimum absolute atomic E-state index is 0.472. The highest BCUT2D eigenvalue weighted by molar-refractivity contribution is 7.13. The lowest BCUT2D eigenvalue weighted by atomic mass is 10.0. The van der Waals surface area contributed by atoms with Crippen LogP contribution in [0.25, 0.3) is 0 Å². The number of rotatable bonds is 8. The summed E-state index contributed by atoms with van der Waals surface area (Å²) in [7, 11) is 0. The van der Waals surface area contributed by atoms with Crippen LogP contribution in [0.2, 0.25) is 0 Å². The third-order valence-electron chi connectivity index (χ3n) is 3.47. The van der Waals surface area contributed by atoms with E-state index < -0.39 is 5.60 Å². The first-order valence-electron chi connectivity index (χ1n) is 7.24. The van der Waals surface area contributed by atoms with Crippen molar-refractivity contribution in [3.05, 3.63) is 22.8 Å². The van der Waals surface area contributed by atoms with E-state index in [1.54, 1.807) is 0 Å². The van der Waals surface area contributed by atoms with Crippen LogP contribution in [0.15, 0.2) is 9.90 Å². The van der Waals surface area contributed by atoms with Gasteiger partial charge in [-0.15, -0.1) is 11.3 Å². The molecule has 0 aliphatic rings. The van der Waals surface area contributed by atoms with Crippen molar-refractivity contribution in [2.24, 2.45) is 0 Å². The van der Waals surface area contributed by atoms with E-state index in [-0.39, 0.29) is 0 Å². The molecule has 2 aromatic heterocycles. The molecule has 0 bridgehead atoms. The normalized spacial score (nSPS) is 14.2. The Morgan fingerprint density at radius 3 is 2.76 bits per heavy atom. The van der Waals surface area contributed by atoms with Crippen molar-refractivity contribution in [1.29, 1.82) is 0 Å². The smallest absolute Gasteiger partial charge is 0.226 e. The van der Waals surface area contributed by atoms with Crippen molar-refractivity contribution < 1.29 is 9.26 Å². The first-order chi connectivity index (χ1) is 10.1. The molecule has 0 aliphatic carbocycles. The van der Waals surface area contributed by atoms with Crippen molar-refractivity contribution in [3.63, 3.8) is 0 Å². The fourth-order valence-electron chi connectivity index (χ4n) is 2.07. The van der Waals surface area contributed by atoms with Gasteiger partial charge in [-0.1, -0.05) is 12.1 Å². The molecule has 2 aromatic rings. The summed E-state index contributed by atoms with van der Waals surface area (Å²) in [5.74, 6) is 1.27. The summed E-state index contributed by atoms with van der Waals surface area (Å²) in [5, 5.41) is 6.66. The lowest BCUT2D eigenvalue weighted by Gasteiger charge is -2.23.